The van der Waals surface area contributed by atoms with E-state index in [1.165, 1.54) is 0 Å². The first kappa shape index (κ1) is 11.8. The highest BCUT2D eigenvalue weighted by molar-refractivity contribution is 5.92. The van der Waals surface area contributed by atoms with Crippen molar-refractivity contribution in [1.82, 2.24) is 0 Å². The quantitative estimate of drug-likeness (QED) is 0.808. The second kappa shape index (κ2) is 5.43. The number of carbonyl (C=O) groups is 1. The molecule has 0 aromatic heterocycles. The van der Waals surface area contributed by atoms with Crippen LogP contribution in [0.2, 0.25) is 0 Å². The Morgan fingerprint density at radius 2 is 1.92 bits per heavy atom. The zero-order valence-corrected chi connectivity index (χ0v) is 8.14. The highest BCUT2D eigenvalue weighted by atomic mass is 35.5. The van der Waals surface area contributed by atoms with E-state index >= 15 is 0 Å². The molecule has 72 valence electrons. The van der Waals surface area contributed by atoms with Crippen LogP contribution in [0.4, 0.5) is 0 Å². The number of carbonyl (C=O) groups excluding carboxylic acids is 1. The first-order chi connectivity index (χ1) is 5.74. The number of amides is 1. The second-order valence-electron chi connectivity index (χ2n) is 2.32. The Morgan fingerprint density at radius 1 is 1.38 bits per heavy atom. The number of hydrogen-bond acceptors (Lipinski definition) is 2. The van der Waals surface area contributed by atoms with Crippen LogP contribution >= 0.6 is 12.4 Å². The molecule has 1 aromatic rings. The van der Waals surface area contributed by atoms with Crippen LogP contribution in [-0.2, 0) is 0 Å². The van der Waals surface area contributed by atoms with E-state index in [9.17, 15) is 4.79 Å². The van der Waals surface area contributed by atoms with Gasteiger partial charge in [0.2, 0.25) is 5.91 Å². The van der Waals surface area contributed by atoms with Gasteiger partial charge in [-0.3, -0.25) is 4.79 Å². The Labute approximate surface area is 83.3 Å². The van der Waals surface area contributed by atoms with Crippen molar-refractivity contribution in [3.05, 3.63) is 29.8 Å². The molecule has 2 N–H and O–H groups in total. The minimum Gasteiger partial charge on any atom is -0.494 e. The van der Waals surface area contributed by atoms with Crippen LogP contribution in [0.25, 0.3) is 0 Å². The second-order valence-corrected chi connectivity index (χ2v) is 2.32. The van der Waals surface area contributed by atoms with Gasteiger partial charge >= 0.3 is 0 Å². The van der Waals surface area contributed by atoms with E-state index in [-0.39, 0.29) is 12.4 Å². The Kier molecular flexibility index (Phi) is 4.92. The van der Waals surface area contributed by atoms with Crippen molar-refractivity contribution in [3.63, 3.8) is 0 Å². The van der Waals surface area contributed by atoms with E-state index in [0.29, 0.717) is 12.2 Å². The van der Waals surface area contributed by atoms with Crippen LogP contribution < -0.4 is 10.5 Å². The summed E-state index contributed by atoms with van der Waals surface area (Å²) in [5, 5.41) is 0. The highest BCUT2D eigenvalue weighted by Gasteiger charge is 1.98. The van der Waals surface area contributed by atoms with Gasteiger partial charge in [-0.25, -0.2) is 0 Å². The maximum atomic E-state index is 10.7. The van der Waals surface area contributed by atoms with Gasteiger partial charge in [0.05, 0.1) is 6.61 Å². The Hall–Kier alpha value is -1.22. The monoisotopic (exact) mass is 201 g/mol. The topological polar surface area (TPSA) is 52.3 Å². The number of hydrogen-bond donors (Lipinski definition) is 1. The summed E-state index contributed by atoms with van der Waals surface area (Å²) < 4.78 is 5.19. The largest absolute Gasteiger partial charge is 0.494 e. The summed E-state index contributed by atoms with van der Waals surface area (Å²) >= 11 is 0. The summed E-state index contributed by atoms with van der Waals surface area (Å²) in [5.41, 5.74) is 5.56. The van der Waals surface area contributed by atoms with Crippen LogP contribution in [0.1, 0.15) is 17.3 Å². The van der Waals surface area contributed by atoms with Crippen molar-refractivity contribution in [3.8, 4) is 5.75 Å². The Morgan fingerprint density at radius 3 is 2.31 bits per heavy atom. The van der Waals surface area contributed by atoms with Crippen LogP contribution in [0.5, 0.6) is 5.75 Å². The molecule has 3 nitrogen and oxygen atoms in total. The van der Waals surface area contributed by atoms with Crippen LogP contribution in [0.3, 0.4) is 0 Å². The lowest BCUT2D eigenvalue weighted by Gasteiger charge is -2.02. The SMILES string of the molecule is CCOc1ccc(C(N)=O)cc1.Cl. The summed E-state index contributed by atoms with van der Waals surface area (Å²) in [6, 6.07) is 6.74. The molecule has 0 heterocycles. The van der Waals surface area contributed by atoms with E-state index in [0.717, 1.165) is 5.75 Å². The molecule has 0 saturated carbocycles. The normalized spacial score (nSPS) is 8.69. The summed E-state index contributed by atoms with van der Waals surface area (Å²) in [5.74, 6) is 0.334. The van der Waals surface area contributed by atoms with E-state index in [1.807, 2.05) is 6.92 Å². The Balaban J connectivity index is 0.00000144. The number of halogens is 1. The molecular formula is C9H12ClNO2. The van der Waals surface area contributed by atoms with Crippen LogP contribution in [-0.4, -0.2) is 12.5 Å². The summed E-state index contributed by atoms with van der Waals surface area (Å²) in [6.07, 6.45) is 0. The van der Waals surface area contributed by atoms with E-state index in [2.05, 4.69) is 0 Å². The average molecular weight is 202 g/mol. The molecule has 1 rings (SSSR count). The lowest BCUT2D eigenvalue weighted by molar-refractivity contribution is 0.100. The molecule has 0 bridgehead atoms. The first-order valence-electron chi connectivity index (χ1n) is 3.76. The molecule has 0 atom stereocenters. The third kappa shape index (κ3) is 3.34. The van der Waals surface area contributed by atoms with Gasteiger partial charge in [-0.2, -0.15) is 0 Å². The van der Waals surface area contributed by atoms with Crippen molar-refractivity contribution >= 4 is 18.3 Å². The van der Waals surface area contributed by atoms with E-state index in [4.69, 9.17) is 10.5 Å². The molecule has 1 aromatic carbocycles. The van der Waals surface area contributed by atoms with Gasteiger partial charge in [0.15, 0.2) is 0 Å². The number of ether oxygens (including phenoxy) is 1. The molecule has 0 aliphatic carbocycles. The molecule has 0 unspecified atom stereocenters. The summed E-state index contributed by atoms with van der Waals surface area (Å²) in [6.45, 7) is 2.53. The maximum Gasteiger partial charge on any atom is 0.248 e. The molecule has 0 aliphatic rings. The van der Waals surface area contributed by atoms with Crippen molar-refractivity contribution in [2.75, 3.05) is 6.61 Å². The highest BCUT2D eigenvalue weighted by Crippen LogP contribution is 2.11. The van der Waals surface area contributed by atoms with Crippen LogP contribution in [0, 0.1) is 0 Å². The lowest BCUT2D eigenvalue weighted by atomic mass is 10.2. The van der Waals surface area contributed by atoms with Gasteiger partial charge in [0.1, 0.15) is 5.75 Å². The van der Waals surface area contributed by atoms with Gasteiger partial charge in [-0.1, -0.05) is 0 Å². The molecule has 0 aliphatic heterocycles. The molecular weight excluding hydrogens is 190 g/mol. The molecule has 1 amide bonds. The number of nitrogens with two attached hydrogens (primary N) is 1. The molecule has 0 radical (unpaired) electrons. The third-order valence-corrected chi connectivity index (χ3v) is 1.45. The average Bonchev–Trinajstić information content (AvgIpc) is 2.06. The zero-order chi connectivity index (χ0) is 8.97. The first-order valence-corrected chi connectivity index (χ1v) is 3.76. The molecule has 0 spiro atoms. The van der Waals surface area contributed by atoms with Gasteiger partial charge in [0, 0.05) is 5.56 Å². The molecule has 0 fully saturated rings. The fraction of sp³-hybridized carbons (Fsp3) is 0.222. The fourth-order valence-corrected chi connectivity index (χ4v) is 0.882. The number of rotatable bonds is 3. The smallest absolute Gasteiger partial charge is 0.248 e. The predicted molar refractivity (Wildman–Crippen MR) is 53.4 cm³/mol. The summed E-state index contributed by atoms with van der Waals surface area (Å²) in [4.78, 5) is 10.7. The minimum absolute atomic E-state index is 0. The summed E-state index contributed by atoms with van der Waals surface area (Å²) in [7, 11) is 0. The number of benzene rings is 1. The maximum absolute atomic E-state index is 10.7. The van der Waals surface area contributed by atoms with Gasteiger partial charge < -0.3 is 10.5 Å². The Bertz CT molecular complexity index is 271. The molecule has 13 heavy (non-hydrogen) atoms. The van der Waals surface area contributed by atoms with Gasteiger partial charge in [-0.05, 0) is 31.2 Å². The predicted octanol–water partition coefficient (Wildman–Crippen LogP) is 1.61. The molecule has 0 saturated heterocycles. The standard InChI is InChI=1S/C9H11NO2.ClH/c1-2-12-8-5-3-7(4-6-8)9(10)11;/h3-6H,2H2,1H3,(H2,10,11);1H. The zero-order valence-electron chi connectivity index (χ0n) is 7.32. The van der Waals surface area contributed by atoms with Gasteiger partial charge in [0.25, 0.3) is 0 Å². The van der Waals surface area contributed by atoms with Crippen molar-refractivity contribution in [1.29, 1.82) is 0 Å². The van der Waals surface area contributed by atoms with Crippen molar-refractivity contribution in [2.45, 2.75) is 6.92 Å². The lowest BCUT2D eigenvalue weighted by Crippen LogP contribution is -2.10. The van der Waals surface area contributed by atoms with Gasteiger partial charge in [-0.15, -0.1) is 12.4 Å². The number of primary amides is 1. The van der Waals surface area contributed by atoms with Crippen molar-refractivity contribution < 1.29 is 9.53 Å². The molecule has 4 heteroatoms. The fourth-order valence-electron chi connectivity index (χ4n) is 0.882. The van der Waals surface area contributed by atoms with Crippen LogP contribution in [0.15, 0.2) is 24.3 Å². The van der Waals surface area contributed by atoms with E-state index in [1.54, 1.807) is 24.3 Å². The van der Waals surface area contributed by atoms with E-state index < -0.39 is 5.91 Å². The minimum atomic E-state index is -0.418. The van der Waals surface area contributed by atoms with Crippen molar-refractivity contribution in [2.24, 2.45) is 5.73 Å². The third-order valence-electron chi connectivity index (χ3n) is 1.45.